The van der Waals surface area contributed by atoms with E-state index in [0.29, 0.717) is 12.8 Å². The molecule has 0 aliphatic carbocycles. The molecule has 128 valence electrons. The minimum absolute atomic E-state index is 0.0767. The van der Waals surface area contributed by atoms with Gasteiger partial charge in [0, 0.05) is 49.2 Å². The average molecular weight is 347 g/mol. The molecule has 1 atom stereocenters. The summed E-state index contributed by atoms with van der Waals surface area (Å²) in [4.78, 5) is 18.6. The molecule has 1 aliphatic rings. The van der Waals surface area contributed by atoms with E-state index in [1.807, 2.05) is 18.4 Å². The predicted octanol–water partition coefficient (Wildman–Crippen LogP) is 3.31. The molecule has 1 N–H and O–H groups in total. The number of anilines is 1. The monoisotopic (exact) mass is 347 g/mol. The topological polar surface area (TPSA) is 45.2 Å². The zero-order chi connectivity index (χ0) is 16.9. The first-order valence-electron chi connectivity index (χ1n) is 8.30. The maximum Gasteiger partial charge on any atom is 0.220 e. The number of nitrogens with one attached hydrogen (secondary N) is 1. The molecular weight excluding hydrogens is 325 g/mol. The van der Waals surface area contributed by atoms with Crippen LogP contribution < -0.4 is 10.2 Å². The van der Waals surface area contributed by atoms with E-state index in [0.717, 1.165) is 42.2 Å². The number of rotatable bonds is 5. The Morgan fingerprint density at radius 1 is 1.50 bits per heavy atom. The van der Waals surface area contributed by atoms with Gasteiger partial charge in [-0.1, -0.05) is 0 Å². The highest BCUT2D eigenvalue weighted by Gasteiger charge is 2.22. The molecule has 1 amide bonds. The summed E-state index contributed by atoms with van der Waals surface area (Å²) in [5, 5.41) is 6.06. The summed E-state index contributed by atoms with van der Waals surface area (Å²) in [6, 6.07) is 5.04. The van der Waals surface area contributed by atoms with Crippen LogP contribution in [0.25, 0.3) is 0 Å². The normalized spacial score (nSPS) is 17.8. The summed E-state index contributed by atoms with van der Waals surface area (Å²) in [7, 11) is 0. The minimum atomic E-state index is -0.208. The SMILES string of the molecule is Cc1cc(F)ccc1N1CCC[C@H](NC(=O)CCc2nccs2)C1. The number of aromatic nitrogens is 1. The van der Waals surface area contributed by atoms with Crippen molar-refractivity contribution < 1.29 is 9.18 Å². The Labute approximate surface area is 145 Å². The molecular formula is C18H22FN3OS. The van der Waals surface area contributed by atoms with E-state index in [4.69, 9.17) is 0 Å². The second-order valence-corrected chi connectivity index (χ2v) is 7.19. The van der Waals surface area contributed by atoms with Crippen molar-refractivity contribution in [3.63, 3.8) is 0 Å². The lowest BCUT2D eigenvalue weighted by atomic mass is 10.0. The number of carbonyl (C=O) groups is 1. The Bertz CT molecular complexity index is 690. The highest BCUT2D eigenvalue weighted by molar-refractivity contribution is 7.09. The molecule has 2 aromatic rings. The molecule has 0 unspecified atom stereocenters. The summed E-state index contributed by atoms with van der Waals surface area (Å²) in [6.45, 7) is 3.64. The van der Waals surface area contributed by atoms with Crippen molar-refractivity contribution in [3.05, 3.63) is 46.2 Å². The molecule has 0 spiro atoms. The summed E-state index contributed by atoms with van der Waals surface area (Å²) < 4.78 is 13.3. The third kappa shape index (κ3) is 4.32. The van der Waals surface area contributed by atoms with Crippen LogP contribution in [0.3, 0.4) is 0 Å². The maximum absolute atomic E-state index is 13.3. The highest BCUT2D eigenvalue weighted by atomic mass is 32.1. The molecule has 1 aromatic heterocycles. The predicted molar refractivity (Wildman–Crippen MR) is 94.9 cm³/mol. The van der Waals surface area contributed by atoms with E-state index in [1.54, 1.807) is 23.6 Å². The number of nitrogens with zero attached hydrogens (tertiary/aromatic N) is 2. The van der Waals surface area contributed by atoms with E-state index in [9.17, 15) is 9.18 Å². The largest absolute Gasteiger partial charge is 0.369 e. The zero-order valence-electron chi connectivity index (χ0n) is 13.8. The van der Waals surface area contributed by atoms with Gasteiger partial charge in [-0.3, -0.25) is 4.79 Å². The van der Waals surface area contributed by atoms with Crippen LogP contribution in [-0.4, -0.2) is 30.0 Å². The number of hydrogen-bond acceptors (Lipinski definition) is 4. The fourth-order valence-corrected chi connectivity index (χ4v) is 3.80. The first-order valence-corrected chi connectivity index (χ1v) is 9.18. The van der Waals surface area contributed by atoms with Crippen molar-refractivity contribution in [2.24, 2.45) is 0 Å². The summed E-state index contributed by atoms with van der Waals surface area (Å²) in [6.07, 6.45) is 4.94. The molecule has 0 bridgehead atoms. The van der Waals surface area contributed by atoms with Crippen molar-refractivity contribution >= 4 is 22.9 Å². The van der Waals surface area contributed by atoms with Crippen LogP contribution in [0, 0.1) is 12.7 Å². The molecule has 1 aromatic carbocycles. The van der Waals surface area contributed by atoms with Gasteiger partial charge in [0.15, 0.2) is 0 Å². The zero-order valence-corrected chi connectivity index (χ0v) is 14.6. The Balaban J connectivity index is 1.54. The van der Waals surface area contributed by atoms with Gasteiger partial charge >= 0.3 is 0 Å². The standard InChI is InChI=1S/C18H22FN3OS/c1-13-11-14(19)4-5-16(13)22-9-2-3-15(12-22)21-17(23)6-7-18-20-8-10-24-18/h4-5,8,10-11,15H,2-3,6-7,9,12H2,1H3,(H,21,23)/t15-/m0/s1. The van der Waals surface area contributed by atoms with Crippen molar-refractivity contribution in [1.29, 1.82) is 0 Å². The van der Waals surface area contributed by atoms with Gasteiger partial charge in [-0.15, -0.1) is 11.3 Å². The third-order valence-corrected chi connectivity index (χ3v) is 5.17. The van der Waals surface area contributed by atoms with Crippen LogP contribution in [0.2, 0.25) is 0 Å². The van der Waals surface area contributed by atoms with Crippen molar-refractivity contribution in [2.45, 2.75) is 38.6 Å². The smallest absolute Gasteiger partial charge is 0.220 e. The Morgan fingerprint density at radius 2 is 2.38 bits per heavy atom. The van der Waals surface area contributed by atoms with Crippen molar-refractivity contribution in [3.8, 4) is 0 Å². The van der Waals surface area contributed by atoms with Gasteiger partial charge in [0.1, 0.15) is 5.82 Å². The lowest BCUT2D eigenvalue weighted by Crippen LogP contribution is -2.48. The average Bonchev–Trinajstić information content (AvgIpc) is 3.06. The Kier molecular flexibility index (Phi) is 5.45. The molecule has 1 aliphatic heterocycles. The van der Waals surface area contributed by atoms with Gasteiger partial charge in [-0.05, 0) is 43.5 Å². The number of halogens is 1. The molecule has 1 saturated heterocycles. The van der Waals surface area contributed by atoms with Gasteiger partial charge in [-0.25, -0.2) is 9.37 Å². The van der Waals surface area contributed by atoms with Crippen LogP contribution in [0.5, 0.6) is 0 Å². The molecule has 4 nitrogen and oxygen atoms in total. The first-order chi connectivity index (χ1) is 11.6. The number of benzene rings is 1. The van der Waals surface area contributed by atoms with E-state index in [1.165, 1.54) is 6.07 Å². The van der Waals surface area contributed by atoms with E-state index in [2.05, 4.69) is 15.2 Å². The van der Waals surface area contributed by atoms with E-state index in [-0.39, 0.29) is 17.8 Å². The molecule has 0 saturated carbocycles. The molecule has 6 heteroatoms. The van der Waals surface area contributed by atoms with E-state index < -0.39 is 0 Å². The second kappa shape index (κ2) is 7.75. The van der Waals surface area contributed by atoms with E-state index >= 15 is 0 Å². The summed E-state index contributed by atoms with van der Waals surface area (Å²) in [5.41, 5.74) is 1.99. The van der Waals surface area contributed by atoms with Crippen LogP contribution in [0.15, 0.2) is 29.8 Å². The Hall–Kier alpha value is -1.95. The number of aryl methyl sites for hydroxylation is 2. The van der Waals surface area contributed by atoms with Crippen molar-refractivity contribution in [1.82, 2.24) is 10.3 Å². The highest BCUT2D eigenvalue weighted by Crippen LogP contribution is 2.24. The number of carbonyl (C=O) groups excluding carboxylic acids is 1. The van der Waals surface area contributed by atoms with Gasteiger partial charge in [0.2, 0.25) is 5.91 Å². The van der Waals surface area contributed by atoms with Crippen LogP contribution in [0.4, 0.5) is 10.1 Å². The van der Waals surface area contributed by atoms with Crippen LogP contribution in [-0.2, 0) is 11.2 Å². The lowest BCUT2D eigenvalue weighted by molar-refractivity contribution is -0.121. The van der Waals surface area contributed by atoms with Gasteiger partial charge < -0.3 is 10.2 Å². The fourth-order valence-electron chi connectivity index (χ4n) is 3.18. The maximum atomic E-state index is 13.3. The number of thiazole rings is 1. The van der Waals surface area contributed by atoms with Crippen LogP contribution in [0.1, 0.15) is 29.8 Å². The molecule has 0 radical (unpaired) electrons. The number of hydrogen-bond donors (Lipinski definition) is 1. The molecule has 3 rings (SSSR count). The minimum Gasteiger partial charge on any atom is -0.369 e. The lowest BCUT2D eigenvalue weighted by Gasteiger charge is -2.35. The first kappa shape index (κ1) is 16.9. The third-order valence-electron chi connectivity index (χ3n) is 4.34. The van der Waals surface area contributed by atoms with Crippen LogP contribution >= 0.6 is 11.3 Å². The Morgan fingerprint density at radius 3 is 3.12 bits per heavy atom. The summed E-state index contributed by atoms with van der Waals surface area (Å²) >= 11 is 1.58. The molecule has 24 heavy (non-hydrogen) atoms. The van der Waals surface area contributed by atoms with Crippen molar-refractivity contribution in [2.75, 3.05) is 18.0 Å². The summed E-state index contributed by atoms with van der Waals surface area (Å²) in [5.74, 6) is -0.131. The van der Waals surface area contributed by atoms with Gasteiger partial charge in [-0.2, -0.15) is 0 Å². The fraction of sp³-hybridized carbons (Fsp3) is 0.444. The van der Waals surface area contributed by atoms with Gasteiger partial charge in [0.05, 0.1) is 5.01 Å². The molecule has 2 heterocycles. The number of amides is 1. The second-order valence-electron chi connectivity index (χ2n) is 6.21. The molecule has 1 fully saturated rings. The quantitative estimate of drug-likeness (QED) is 0.902. The van der Waals surface area contributed by atoms with Gasteiger partial charge in [0.25, 0.3) is 0 Å². The number of piperidine rings is 1.